The van der Waals surface area contributed by atoms with Crippen molar-refractivity contribution in [2.45, 2.75) is 53.5 Å². The van der Waals surface area contributed by atoms with Crippen LogP contribution in [0.1, 0.15) is 46.7 Å². The van der Waals surface area contributed by atoms with Gasteiger partial charge in [-0.05, 0) is 30.2 Å². The Morgan fingerprint density at radius 3 is 2.44 bits per heavy atom. The summed E-state index contributed by atoms with van der Waals surface area (Å²) in [6.07, 6.45) is 4.18. The molecule has 3 heteroatoms. The summed E-state index contributed by atoms with van der Waals surface area (Å²) in [4.78, 5) is 0. The van der Waals surface area contributed by atoms with Gasteiger partial charge < -0.3 is 5.32 Å². The summed E-state index contributed by atoms with van der Waals surface area (Å²) in [5.74, 6) is 0.678. The van der Waals surface area contributed by atoms with Crippen LogP contribution in [0.4, 0.5) is 0 Å². The van der Waals surface area contributed by atoms with Crippen LogP contribution in [0.5, 0.6) is 0 Å². The maximum Gasteiger partial charge on any atom is 0.0492 e. The number of nitrogens with zero attached hydrogens (tertiary/aromatic N) is 2. The zero-order valence-corrected chi connectivity index (χ0v) is 12.8. The molecule has 0 bridgehead atoms. The normalized spacial score (nSPS) is 15.3. The lowest BCUT2D eigenvalue weighted by molar-refractivity contribution is 0.185. The van der Waals surface area contributed by atoms with Gasteiger partial charge in [-0.25, -0.2) is 0 Å². The standard InChI is InChI=1S/C15H29N3/c1-12(2)15(5,11-16-13(3)4)9-7-14-8-10-17-18(14)6/h8,10,12-13,16H,7,9,11H2,1-6H3. The molecule has 18 heavy (non-hydrogen) atoms. The molecule has 1 aromatic heterocycles. The van der Waals surface area contributed by atoms with E-state index in [9.17, 15) is 0 Å². The molecular formula is C15H29N3. The fourth-order valence-corrected chi connectivity index (χ4v) is 2.08. The van der Waals surface area contributed by atoms with Crippen molar-refractivity contribution in [2.24, 2.45) is 18.4 Å². The summed E-state index contributed by atoms with van der Waals surface area (Å²) in [5, 5.41) is 7.83. The molecule has 1 unspecified atom stereocenters. The molecule has 104 valence electrons. The molecule has 0 radical (unpaired) electrons. The fraction of sp³-hybridized carbons (Fsp3) is 0.800. The first kappa shape index (κ1) is 15.2. The van der Waals surface area contributed by atoms with E-state index < -0.39 is 0 Å². The minimum Gasteiger partial charge on any atom is -0.314 e. The molecule has 0 saturated heterocycles. The molecule has 1 N–H and O–H groups in total. The van der Waals surface area contributed by atoms with Gasteiger partial charge in [-0.2, -0.15) is 5.10 Å². The highest BCUT2D eigenvalue weighted by molar-refractivity contribution is 5.01. The Balaban J connectivity index is 2.59. The van der Waals surface area contributed by atoms with Crippen molar-refractivity contribution in [3.63, 3.8) is 0 Å². The Morgan fingerprint density at radius 2 is 2.00 bits per heavy atom. The van der Waals surface area contributed by atoms with Crippen molar-refractivity contribution in [1.29, 1.82) is 0 Å². The van der Waals surface area contributed by atoms with Gasteiger partial charge in [0.2, 0.25) is 0 Å². The maximum absolute atomic E-state index is 4.24. The number of nitrogens with one attached hydrogen (secondary N) is 1. The highest BCUT2D eigenvalue weighted by Gasteiger charge is 2.28. The summed E-state index contributed by atoms with van der Waals surface area (Å²) < 4.78 is 1.98. The van der Waals surface area contributed by atoms with Crippen LogP contribution in [0.3, 0.4) is 0 Å². The molecule has 0 aliphatic heterocycles. The quantitative estimate of drug-likeness (QED) is 0.807. The van der Waals surface area contributed by atoms with E-state index in [1.165, 1.54) is 12.1 Å². The maximum atomic E-state index is 4.24. The Morgan fingerprint density at radius 1 is 1.33 bits per heavy atom. The lowest BCUT2D eigenvalue weighted by Gasteiger charge is -2.35. The van der Waals surface area contributed by atoms with Crippen molar-refractivity contribution < 1.29 is 0 Å². The zero-order valence-electron chi connectivity index (χ0n) is 12.8. The third-order valence-electron chi connectivity index (χ3n) is 4.18. The topological polar surface area (TPSA) is 29.9 Å². The van der Waals surface area contributed by atoms with Gasteiger partial charge in [0.05, 0.1) is 0 Å². The van der Waals surface area contributed by atoms with Crippen molar-refractivity contribution in [1.82, 2.24) is 15.1 Å². The molecule has 0 fully saturated rings. The molecule has 1 atom stereocenters. The van der Waals surface area contributed by atoms with Gasteiger partial charge in [-0.1, -0.05) is 34.6 Å². The van der Waals surface area contributed by atoms with Gasteiger partial charge in [0.25, 0.3) is 0 Å². The molecule has 0 amide bonds. The molecule has 0 aliphatic rings. The third-order valence-corrected chi connectivity index (χ3v) is 4.18. The zero-order chi connectivity index (χ0) is 13.8. The van der Waals surface area contributed by atoms with Gasteiger partial charge in [0.1, 0.15) is 0 Å². The van der Waals surface area contributed by atoms with E-state index in [2.05, 4.69) is 51.1 Å². The molecule has 0 saturated carbocycles. The van der Waals surface area contributed by atoms with Gasteiger partial charge in [-0.3, -0.25) is 4.68 Å². The SMILES string of the molecule is CC(C)NCC(C)(CCc1ccnn1C)C(C)C. The first-order chi connectivity index (χ1) is 8.35. The number of aryl methyl sites for hydroxylation is 2. The van der Waals surface area contributed by atoms with Crippen molar-refractivity contribution >= 4 is 0 Å². The Labute approximate surface area is 112 Å². The van der Waals surface area contributed by atoms with E-state index in [-0.39, 0.29) is 0 Å². The smallest absolute Gasteiger partial charge is 0.0492 e. The van der Waals surface area contributed by atoms with Crippen molar-refractivity contribution in [2.75, 3.05) is 6.54 Å². The minimum atomic E-state index is 0.342. The van der Waals surface area contributed by atoms with Crippen molar-refractivity contribution in [3.8, 4) is 0 Å². The van der Waals surface area contributed by atoms with E-state index in [0.29, 0.717) is 17.4 Å². The van der Waals surface area contributed by atoms with E-state index >= 15 is 0 Å². The average Bonchev–Trinajstić information content (AvgIpc) is 2.69. The first-order valence-corrected chi connectivity index (χ1v) is 7.05. The molecule has 3 nitrogen and oxygen atoms in total. The van der Waals surface area contributed by atoms with Crippen LogP contribution in [0.25, 0.3) is 0 Å². The predicted molar refractivity (Wildman–Crippen MR) is 77.6 cm³/mol. The number of aromatic nitrogens is 2. The Hall–Kier alpha value is -0.830. The Bertz CT molecular complexity index is 354. The summed E-state index contributed by atoms with van der Waals surface area (Å²) in [5.41, 5.74) is 1.67. The van der Waals surface area contributed by atoms with Crippen LogP contribution >= 0.6 is 0 Å². The molecule has 0 spiro atoms. The molecule has 0 aromatic carbocycles. The highest BCUT2D eigenvalue weighted by Crippen LogP contribution is 2.31. The van der Waals surface area contributed by atoms with E-state index in [4.69, 9.17) is 0 Å². The Kier molecular flexibility index (Phi) is 5.39. The molecule has 1 rings (SSSR count). The molecule has 1 heterocycles. The number of rotatable bonds is 7. The van der Waals surface area contributed by atoms with Gasteiger partial charge >= 0.3 is 0 Å². The fourth-order valence-electron chi connectivity index (χ4n) is 2.08. The number of hydrogen-bond donors (Lipinski definition) is 1. The molecule has 0 aliphatic carbocycles. The molecule has 1 aromatic rings. The molecular weight excluding hydrogens is 222 g/mol. The second-order valence-corrected chi connectivity index (χ2v) is 6.29. The minimum absolute atomic E-state index is 0.342. The summed E-state index contributed by atoms with van der Waals surface area (Å²) in [7, 11) is 2.02. The van der Waals surface area contributed by atoms with Crippen molar-refractivity contribution in [3.05, 3.63) is 18.0 Å². The summed E-state index contributed by atoms with van der Waals surface area (Å²) in [6, 6.07) is 2.68. The van der Waals surface area contributed by atoms with Crippen LogP contribution in [0, 0.1) is 11.3 Å². The van der Waals surface area contributed by atoms with E-state index in [0.717, 1.165) is 13.0 Å². The third kappa shape index (κ3) is 4.13. The highest BCUT2D eigenvalue weighted by atomic mass is 15.2. The van der Waals surface area contributed by atoms with Gasteiger partial charge in [0, 0.05) is 31.5 Å². The summed E-state index contributed by atoms with van der Waals surface area (Å²) >= 11 is 0. The van der Waals surface area contributed by atoms with Crippen LogP contribution < -0.4 is 5.32 Å². The predicted octanol–water partition coefficient (Wildman–Crippen LogP) is 3.01. The van der Waals surface area contributed by atoms with Crippen LogP contribution in [-0.4, -0.2) is 22.4 Å². The second kappa shape index (κ2) is 6.37. The number of hydrogen-bond acceptors (Lipinski definition) is 2. The van der Waals surface area contributed by atoms with Crippen LogP contribution in [-0.2, 0) is 13.5 Å². The largest absolute Gasteiger partial charge is 0.314 e. The van der Waals surface area contributed by atoms with Gasteiger partial charge in [-0.15, -0.1) is 0 Å². The summed E-state index contributed by atoms with van der Waals surface area (Å²) in [6.45, 7) is 12.5. The van der Waals surface area contributed by atoms with Crippen LogP contribution in [0.2, 0.25) is 0 Å². The van der Waals surface area contributed by atoms with E-state index in [1.54, 1.807) is 0 Å². The lowest BCUT2D eigenvalue weighted by Crippen LogP contribution is -2.39. The first-order valence-electron chi connectivity index (χ1n) is 7.05. The van der Waals surface area contributed by atoms with Gasteiger partial charge in [0.15, 0.2) is 0 Å². The lowest BCUT2D eigenvalue weighted by atomic mass is 9.75. The average molecular weight is 251 g/mol. The monoisotopic (exact) mass is 251 g/mol. The van der Waals surface area contributed by atoms with E-state index in [1.807, 2.05) is 17.9 Å². The second-order valence-electron chi connectivity index (χ2n) is 6.29. The van der Waals surface area contributed by atoms with Crippen LogP contribution in [0.15, 0.2) is 12.3 Å².